The summed E-state index contributed by atoms with van der Waals surface area (Å²) in [6.07, 6.45) is 2.02. The molecule has 124 valence electrons. The fourth-order valence-corrected chi connectivity index (χ4v) is 2.84. The SMILES string of the molecule is CCN(CC(C)(C)O)C(=O)NC1CCN(CC(C)C)CC1. The highest BCUT2D eigenvalue weighted by Crippen LogP contribution is 2.13. The van der Waals surface area contributed by atoms with Gasteiger partial charge >= 0.3 is 6.03 Å². The summed E-state index contributed by atoms with van der Waals surface area (Å²) in [7, 11) is 0. The van der Waals surface area contributed by atoms with Gasteiger partial charge in [-0.25, -0.2) is 4.79 Å². The van der Waals surface area contributed by atoms with Crippen LogP contribution in [0.5, 0.6) is 0 Å². The average molecular weight is 299 g/mol. The van der Waals surface area contributed by atoms with Crippen LogP contribution in [0.25, 0.3) is 0 Å². The summed E-state index contributed by atoms with van der Waals surface area (Å²) in [6, 6.07) is 0.207. The number of likely N-dealkylation sites (tertiary alicyclic amines) is 1. The van der Waals surface area contributed by atoms with Crippen molar-refractivity contribution in [2.45, 2.75) is 59.1 Å². The molecule has 1 fully saturated rings. The molecule has 0 aromatic rings. The highest BCUT2D eigenvalue weighted by atomic mass is 16.3. The number of amides is 2. The summed E-state index contributed by atoms with van der Waals surface area (Å²) in [4.78, 5) is 16.4. The number of nitrogens with zero attached hydrogens (tertiary/aromatic N) is 2. The quantitative estimate of drug-likeness (QED) is 0.788. The first kappa shape index (κ1) is 18.2. The van der Waals surface area contributed by atoms with Gasteiger partial charge < -0.3 is 20.2 Å². The van der Waals surface area contributed by atoms with Crippen LogP contribution in [0.1, 0.15) is 47.5 Å². The van der Waals surface area contributed by atoms with E-state index in [2.05, 4.69) is 24.1 Å². The van der Waals surface area contributed by atoms with E-state index in [1.165, 1.54) is 0 Å². The molecule has 0 aromatic heterocycles. The fourth-order valence-electron chi connectivity index (χ4n) is 2.84. The molecule has 1 saturated heterocycles. The number of nitrogens with one attached hydrogen (secondary N) is 1. The zero-order chi connectivity index (χ0) is 16.0. The zero-order valence-corrected chi connectivity index (χ0v) is 14.4. The molecule has 1 rings (SSSR count). The summed E-state index contributed by atoms with van der Waals surface area (Å²) in [6.45, 7) is 14.1. The molecule has 2 amide bonds. The highest BCUT2D eigenvalue weighted by molar-refractivity contribution is 5.74. The summed E-state index contributed by atoms with van der Waals surface area (Å²) in [5.74, 6) is 0.693. The molecule has 0 atom stereocenters. The first-order valence-electron chi connectivity index (χ1n) is 8.21. The standard InChI is InChI=1S/C16H33N3O2/c1-6-19(12-16(4,5)21)15(20)17-14-7-9-18(10-8-14)11-13(2)3/h13-14,21H,6-12H2,1-5H3,(H,17,20). The first-order valence-corrected chi connectivity index (χ1v) is 8.21. The minimum absolute atomic E-state index is 0.0538. The Kier molecular flexibility index (Phi) is 6.94. The molecule has 0 bridgehead atoms. The molecular weight excluding hydrogens is 266 g/mol. The van der Waals surface area contributed by atoms with E-state index < -0.39 is 5.60 Å². The lowest BCUT2D eigenvalue weighted by Crippen LogP contribution is -2.52. The maximum Gasteiger partial charge on any atom is 0.317 e. The number of likely N-dealkylation sites (N-methyl/N-ethyl adjacent to an activating group) is 1. The molecule has 1 aliphatic heterocycles. The van der Waals surface area contributed by atoms with Gasteiger partial charge in [0.25, 0.3) is 0 Å². The van der Waals surface area contributed by atoms with Crippen LogP contribution in [0.2, 0.25) is 0 Å². The minimum atomic E-state index is -0.853. The lowest BCUT2D eigenvalue weighted by atomic mass is 10.0. The van der Waals surface area contributed by atoms with Gasteiger partial charge in [0.05, 0.1) is 12.1 Å². The van der Waals surface area contributed by atoms with Gasteiger partial charge in [-0.15, -0.1) is 0 Å². The van der Waals surface area contributed by atoms with Gasteiger partial charge in [0.15, 0.2) is 0 Å². The van der Waals surface area contributed by atoms with E-state index in [4.69, 9.17) is 0 Å². The predicted molar refractivity (Wildman–Crippen MR) is 86.4 cm³/mol. The van der Waals surface area contributed by atoms with E-state index in [9.17, 15) is 9.90 Å². The molecule has 1 heterocycles. The van der Waals surface area contributed by atoms with Crippen LogP contribution in [0.4, 0.5) is 4.79 Å². The zero-order valence-electron chi connectivity index (χ0n) is 14.4. The van der Waals surface area contributed by atoms with E-state index in [1.54, 1.807) is 18.7 Å². The van der Waals surface area contributed by atoms with E-state index in [1.807, 2.05) is 6.92 Å². The summed E-state index contributed by atoms with van der Waals surface area (Å²) in [5, 5.41) is 13.0. The predicted octanol–water partition coefficient (Wildman–Crippen LogP) is 1.91. The Bertz CT molecular complexity index is 318. The van der Waals surface area contributed by atoms with E-state index in [-0.39, 0.29) is 12.1 Å². The molecule has 21 heavy (non-hydrogen) atoms. The van der Waals surface area contributed by atoms with Gasteiger partial charge in [0.1, 0.15) is 0 Å². The van der Waals surface area contributed by atoms with E-state index in [0.29, 0.717) is 19.0 Å². The van der Waals surface area contributed by atoms with Gasteiger partial charge in [-0.05, 0) is 39.5 Å². The number of aliphatic hydroxyl groups is 1. The Hall–Kier alpha value is -0.810. The minimum Gasteiger partial charge on any atom is -0.389 e. The fraction of sp³-hybridized carbons (Fsp3) is 0.938. The Morgan fingerprint density at radius 3 is 2.38 bits per heavy atom. The third kappa shape index (κ3) is 7.14. The Labute approximate surface area is 129 Å². The highest BCUT2D eigenvalue weighted by Gasteiger charge is 2.25. The van der Waals surface area contributed by atoms with Gasteiger partial charge in [-0.2, -0.15) is 0 Å². The molecule has 0 aliphatic carbocycles. The maximum atomic E-state index is 12.3. The van der Waals surface area contributed by atoms with Crippen LogP contribution in [0.15, 0.2) is 0 Å². The number of urea groups is 1. The van der Waals surface area contributed by atoms with Crippen LogP contribution in [0.3, 0.4) is 0 Å². The van der Waals surface area contributed by atoms with Crippen LogP contribution in [0, 0.1) is 5.92 Å². The van der Waals surface area contributed by atoms with Gasteiger partial charge in [0, 0.05) is 32.2 Å². The molecule has 0 spiro atoms. The molecule has 0 aromatic carbocycles. The smallest absolute Gasteiger partial charge is 0.317 e. The van der Waals surface area contributed by atoms with Gasteiger partial charge in [0.2, 0.25) is 0 Å². The maximum absolute atomic E-state index is 12.3. The Morgan fingerprint density at radius 1 is 1.38 bits per heavy atom. The van der Waals surface area contributed by atoms with Crippen LogP contribution < -0.4 is 5.32 Å². The molecule has 0 saturated carbocycles. The van der Waals surface area contributed by atoms with Crippen molar-refractivity contribution < 1.29 is 9.90 Å². The number of carbonyl (C=O) groups excluding carboxylic acids is 1. The average Bonchev–Trinajstić information content (AvgIpc) is 2.36. The normalized spacial score (nSPS) is 18.0. The van der Waals surface area contributed by atoms with Crippen LogP contribution in [-0.2, 0) is 0 Å². The molecule has 0 radical (unpaired) electrons. The third-order valence-corrected chi connectivity index (χ3v) is 3.79. The van der Waals surface area contributed by atoms with E-state index >= 15 is 0 Å². The van der Waals surface area contributed by atoms with Gasteiger partial charge in [-0.1, -0.05) is 13.8 Å². The molecule has 5 nitrogen and oxygen atoms in total. The molecule has 5 heteroatoms. The monoisotopic (exact) mass is 299 g/mol. The van der Waals surface area contributed by atoms with Crippen molar-refractivity contribution >= 4 is 6.03 Å². The largest absolute Gasteiger partial charge is 0.389 e. The lowest BCUT2D eigenvalue weighted by molar-refractivity contribution is 0.0470. The number of carbonyl (C=O) groups is 1. The molecule has 0 unspecified atom stereocenters. The topological polar surface area (TPSA) is 55.8 Å². The molecule has 1 aliphatic rings. The van der Waals surface area contributed by atoms with Crippen molar-refractivity contribution in [1.29, 1.82) is 0 Å². The van der Waals surface area contributed by atoms with Crippen molar-refractivity contribution in [3.63, 3.8) is 0 Å². The third-order valence-electron chi connectivity index (χ3n) is 3.79. The number of hydrogen-bond acceptors (Lipinski definition) is 3. The summed E-state index contributed by atoms with van der Waals surface area (Å²) < 4.78 is 0. The van der Waals surface area contributed by atoms with Crippen molar-refractivity contribution in [3.05, 3.63) is 0 Å². The molecule has 2 N–H and O–H groups in total. The number of hydrogen-bond donors (Lipinski definition) is 2. The number of rotatable bonds is 6. The second kappa shape index (κ2) is 7.99. The number of piperidine rings is 1. The van der Waals surface area contributed by atoms with Crippen molar-refractivity contribution in [2.75, 3.05) is 32.7 Å². The summed E-state index contributed by atoms with van der Waals surface area (Å²) >= 11 is 0. The Morgan fingerprint density at radius 2 is 1.95 bits per heavy atom. The van der Waals surface area contributed by atoms with Crippen molar-refractivity contribution in [3.8, 4) is 0 Å². The summed E-state index contributed by atoms with van der Waals surface area (Å²) in [5.41, 5.74) is -0.853. The molecular formula is C16H33N3O2. The van der Waals surface area contributed by atoms with Crippen LogP contribution in [-0.4, -0.2) is 65.3 Å². The van der Waals surface area contributed by atoms with Gasteiger partial charge in [-0.3, -0.25) is 0 Å². The lowest BCUT2D eigenvalue weighted by Gasteiger charge is -2.35. The Balaban J connectivity index is 2.38. The van der Waals surface area contributed by atoms with Crippen LogP contribution >= 0.6 is 0 Å². The van der Waals surface area contributed by atoms with Crippen molar-refractivity contribution in [2.24, 2.45) is 5.92 Å². The van der Waals surface area contributed by atoms with E-state index in [0.717, 1.165) is 32.5 Å². The first-order chi connectivity index (χ1) is 9.71. The van der Waals surface area contributed by atoms with Crippen molar-refractivity contribution in [1.82, 2.24) is 15.1 Å². The second-order valence-electron chi connectivity index (χ2n) is 7.24. The second-order valence-corrected chi connectivity index (χ2v) is 7.24.